The molecule has 0 atom stereocenters. The minimum atomic E-state index is -0.210. The number of carbonyl (C=O) groups excluding carboxylic acids is 1. The molecule has 23 heavy (non-hydrogen) atoms. The molecule has 6 heteroatoms. The highest BCUT2D eigenvalue weighted by Gasteiger charge is 2.08. The SMILES string of the molecule is CCCNC(=O)c1cnc(Nc2cccc3cccnc23)cn1. The lowest BCUT2D eigenvalue weighted by Crippen LogP contribution is -2.25. The maximum Gasteiger partial charge on any atom is 0.271 e. The van der Waals surface area contributed by atoms with Gasteiger partial charge in [-0.2, -0.15) is 0 Å². The van der Waals surface area contributed by atoms with Gasteiger partial charge in [0.2, 0.25) is 0 Å². The molecular weight excluding hydrogens is 290 g/mol. The summed E-state index contributed by atoms with van der Waals surface area (Å²) >= 11 is 0. The lowest BCUT2D eigenvalue weighted by atomic mass is 10.2. The van der Waals surface area contributed by atoms with Crippen LogP contribution in [0.2, 0.25) is 0 Å². The summed E-state index contributed by atoms with van der Waals surface area (Å²) in [6, 6.07) is 9.78. The molecule has 3 rings (SSSR count). The molecule has 3 aromatic rings. The Morgan fingerprint density at radius 1 is 1.09 bits per heavy atom. The second-order valence-corrected chi connectivity index (χ2v) is 5.05. The highest BCUT2D eigenvalue weighted by atomic mass is 16.1. The average Bonchev–Trinajstić information content (AvgIpc) is 2.60. The summed E-state index contributed by atoms with van der Waals surface area (Å²) in [4.78, 5) is 24.6. The maximum absolute atomic E-state index is 11.8. The number of nitrogens with one attached hydrogen (secondary N) is 2. The van der Waals surface area contributed by atoms with E-state index in [1.165, 1.54) is 6.20 Å². The van der Waals surface area contributed by atoms with Crippen LogP contribution in [-0.2, 0) is 0 Å². The van der Waals surface area contributed by atoms with Crippen LogP contribution in [0.1, 0.15) is 23.8 Å². The molecule has 6 nitrogen and oxygen atoms in total. The fourth-order valence-electron chi connectivity index (χ4n) is 2.18. The number of hydrogen-bond acceptors (Lipinski definition) is 5. The monoisotopic (exact) mass is 307 g/mol. The van der Waals surface area contributed by atoms with Gasteiger partial charge in [0.05, 0.1) is 23.6 Å². The van der Waals surface area contributed by atoms with Gasteiger partial charge in [0.15, 0.2) is 0 Å². The first-order valence-corrected chi connectivity index (χ1v) is 7.49. The summed E-state index contributed by atoms with van der Waals surface area (Å²) < 4.78 is 0. The van der Waals surface area contributed by atoms with Gasteiger partial charge >= 0.3 is 0 Å². The Bertz CT molecular complexity index is 811. The Kier molecular flexibility index (Phi) is 4.42. The molecule has 1 amide bonds. The van der Waals surface area contributed by atoms with E-state index in [4.69, 9.17) is 0 Å². The molecule has 2 aromatic heterocycles. The fraction of sp³-hybridized carbons (Fsp3) is 0.176. The van der Waals surface area contributed by atoms with Gasteiger partial charge in [-0.15, -0.1) is 0 Å². The minimum Gasteiger partial charge on any atom is -0.351 e. The van der Waals surface area contributed by atoms with E-state index in [2.05, 4.69) is 25.6 Å². The molecule has 116 valence electrons. The number of anilines is 2. The van der Waals surface area contributed by atoms with Gasteiger partial charge in [0.25, 0.3) is 5.91 Å². The van der Waals surface area contributed by atoms with Crippen molar-refractivity contribution in [3.8, 4) is 0 Å². The van der Waals surface area contributed by atoms with Crippen molar-refractivity contribution in [3.63, 3.8) is 0 Å². The lowest BCUT2D eigenvalue weighted by Gasteiger charge is -2.08. The van der Waals surface area contributed by atoms with E-state index in [0.717, 1.165) is 23.0 Å². The number of carbonyl (C=O) groups is 1. The third-order valence-corrected chi connectivity index (χ3v) is 3.32. The predicted octanol–water partition coefficient (Wildman–Crippen LogP) is 2.91. The van der Waals surface area contributed by atoms with E-state index >= 15 is 0 Å². The Morgan fingerprint density at radius 3 is 2.74 bits per heavy atom. The molecule has 0 aliphatic rings. The zero-order valence-corrected chi connectivity index (χ0v) is 12.8. The quantitative estimate of drug-likeness (QED) is 0.757. The summed E-state index contributed by atoms with van der Waals surface area (Å²) in [6.07, 6.45) is 5.64. The van der Waals surface area contributed by atoms with Crippen LogP contribution in [0.3, 0.4) is 0 Å². The molecule has 0 aliphatic heterocycles. The number of nitrogens with zero attached hydrogens (tertiary/aromatic N) is 3. The normalized spacial score (nSPS) is 10.5. The summed E-state index contributed by atoms with van der Waals surface area (Å²) in [5.41, 5.74) is 2.02. The Morgan fingerprint density at radius 2 is 1.96 bits per heavy atom. The Labute approximate surface area is 134 Å². The molecule has 0 unspecified atom stereocenters. The molecule has 0 spiro atoms. The van der Waals surface area contributed by atoms with E-state index in [-0.39, 0.29) is 5.91 Å². The van der Waals surface area contributed by atoms with Crippen LogP contribution in [0.4, 0.5) is 11.5 Å². The van der Waals surface area contributed by atoms with Gasteiger partial charge in [0.1, 0.15) is 11.5 Å². The van der Waals surface area contributed by atoms with Gasteiger partial charge in [0, 0.05) is 18.1 Å². The Hall–Kier alpha value is -3.02. The van der Waals surface area contributed by atoms with Crippen molar-refractivity contribution < 1.29 is 4.79 Å². The van der Waals surface area contributed by atoms with Gasteiger partial charge < -0.3 is 10.6 Å². The van der Waals surface area contributed by atoms with E-state index < -0.39 is 0 Å². The van der Waals surface area contributed by atoms with Crippen LogP contribution in [0.5, 0.6) is 0 Å². The van der Waals surface area contributed by atoms with Crippen LogP contribution in [0.25, 0.3) is 10.9 Å². The van der Waals surface area contributed by atoms with Crippen molar-refractivity contribution in [1.29, 1.82) is 0 Å². The second-order valence-electron chi connectivity index (χ2n) is 5.05. The number of fused-ring (bicyclic) bond motifs is 1. The smallest absolute Gasteiger partial charge is 0.271 e. The summed E-state index contributed by atoms with van der Waals surface area (Å²) in [6.45, 7) is 2.62. The zero-order valence-electron chi connectivity index (χ0n) is 12.8. The molecule has 0 saturated heterocycles. The molecule has 0 radical (unpaired) electrons. The molecule has 0 aliphatic carbocycles. The van der Waals surface area contributed by atoms with Crippen LogP contribution < -0.4 is 10.6 Å². The van der Waals surface area contributed by atoms with Crippen molar-refractivity contribution in [3.05, 3.63) is 54.6 Å². The number of amides is 1. The van der Waals surface area contributed by atoms with Crippen molar-refractivity contribution in [2.75, 3.05) is 11.9 Å². The molecule has 0 fully saturated rings. The average molecular weight is 307 g/mol. The first-order valence-electron chi connectivity index (χ1n) is 7.49. The number of aromatic nitrogens is 3. The minimum absolute atomic E-state index is 0.210. The van der Waals surface area contributed by atoms with Gasteiger partial charge in [-0.3, -0.25) is 9.78 Å². The topological polar surface area (TPSA) is 79.8 Å². The van der Waals surface area contributed by atoms with Crippen LogP contribution in [-0.4, -0.2) is 27.4 Å². The molecule has 0 bridgehead atoms. The van der Waals surface area contributed by atoms with Gasteiger partial charge in [-0.1, -0.05) is 25.1 Å². The molecule has 0 saturated carbocycles. The number of benzene rings is 1. The predicted molar refractivity (Wildman–Crippen MR) is 89.7 cm³/mol. The molecule has 2 N–H and O–H groups in total. The summed E-state index contributed by atoms with van der Waals surface area (Å²) in [7, 11) is 0. The fourth-order valence-corrected chi connectivity index (χ4v) is 2.18. The third kappa shape index (κ3) is 3.42. The zero-order chi connectivity index (χ0) is 16.1. The number of pyridine rings is 1. The van der Waals surface area contributed by atoms with Crippen molar-refractivity contribution >= 4 is 28.3 Å². The molecule has 1 aromatic carbocycles. The van der Waals surface area contributed by atoms with Crippen molar-refractivity contribution in [2.24, 2.45) is 0 Å². The summed E-state index contributed by atoms with van der Waals surface area (Å²) in [5, 5.41) is 7.00. The van der Waals surface area contributed by atoms with E-state index in [1.807, 2.05) is 37.3 Å². The standard InChI is InChI=1S/C17H17N5O/c1-2-8-19-17(23)14-10-21-15(11-20-14)22-13-7-3-5-12-6-4-9-18-16(12)13/h3-7,9-11H,2,8H2,1H3,(H,19,23)(H,21,22). The number of para-hydroxylation sites is 1. The van der Waals surface area contributed by atoms with Crippen LogP contribution in [0.15, 0.2) is 48.9 Å². The number of rotatable bonds is 5. The van der Waals surface area contributed by atoms with Crippen LogP contribution >= 0.6 is 0 Å². The van der Waals surface area contributed by atoms with E-state index in [1.54, 1.807) is 12.4 Å². The van der Waals surface area contributed by atoms with Gasteiger partial charge in [-0.25, -0.2) is 9.97 Å². The van der Waals surface area contributed by atoms with E-state index in [0.29, 0.717) is 18.1 Å². The molecular formula is C17H17N5O. The third-order valence-electron chi connectivity index (χ3n) is 3.32. The Balaban J connectivity index is 1.79. The summed E-state index contributed by atoms with van der Waals surface area (Å²) in [5.74, 6) is 0.355. The lowest BCUT2D eigenvalue weighted by molar-refractivity contribution is 0.0948. The van der Waals surface area contributed by atoms with Crippen LogP contribution in [0, 0.1) is 0 Å². The number of hydrogen-bond donors (Lipinski definition) is 2. The van der Waals surface area contributed by atoms with Gasteiger partial charge in [-0.05, 0) is 18.6 Å². The first kappa shape index (κ1) is 14.9. The highest BCUT2D eigenvalue weighted by Crippen LogP contribution is 2.23. The first-order chi connectivity index (χ1) is 11.3. The van der Waals surface area contributed by atoms with E-state index in [9.17, 15) is 4.79 Å². The second kappa shape index (κ2) is 6.83. The maximum atomic E-state index is 11.8. The highest BCUT2D eigenvalue weighted by molar-refractivity contribution is 5.93. The van der Waals surface area contributed by atoms with Crippen molar-refractivity contribution in [1.82, 2.24) is 20.3 Å². The van der Waals surface area contributed by atoms with Crippen molar-refractivity contribution in [2.45, 2.75) is 13.3 Å². The molecule has 2 heterocycles. The largest absolute Gasteiger partial charge is 0.351 e.